The fourth-order valence-electron chi connectivity index (χ4n) is 4.29. The lowest BCUT2D eigenvalue weighted by Gasteiger charge is -2.36. The van der Waals surface area contributed by atoms with Crippen molar-refractivity contribution in [3.05, 3.63) is 94.7 Å². The molecule has 10 nitrogen and oxygen atoms in total. The van der Waals surface area contributed by atoms with Crippen LogP contribution >= 0.6 is 11.8 Å². The van der Waals surface area contributed by atoms with Crippen molar-refractivity contribution in [2.75, 3.05) is 5.75 Å². The molecule has 0 bridgehead atoms. The molecule has 2 aromatic carbocycles. The molecule has 0 radical (unpaired) electrons. The first kappa shape index (κ1) is 30.2. The van der Waals surface area contributed by atoms with E-state index >= 15 is 0 Å². The Morgan fingerprint density at radius 3 is 2.39 bits per heavy atom. The maximum absolute atomic E-state index is 12.2. The number of aromatic nitrogens is 1. The molecule has 0 spiro atoms. The summed E-state index contributed by atoms with van der Waals surface area (Å²) in [6, 6.07) is 18.1. The van der Waals surface area contributed by atoms with Crippen LogP contribution in [0.3, 0.4) is 0 Å². The molecular formula is C30H32N2O8S. The number of carboxylic acid groups (broad SMARTS) is 1. The summed E-state index contributed by atoms with van der Waals surface area (Å²) < 4.78 is 17.6. The van der Waals surface area contributed by atoms with E-state index in [1.165, 1.54) is 31.7 Å². The van der Waals surface area contributed by atoms with E-state index in [0.717, 1.165) is 22.3 Å². The number of benzene rings is 2. The summed E-state index contributed by atoms with van der Waals surface area (Å²) in [5, 5.41) is 22.1. The highest BCUT2D eigenvalue weighted by molar-refractivity contribution is 7.99. The zero-order valence-electron chi connectivity index (χ0n) is 22.7. The third kappa shape index (κ3) is 8.37. The molecule has 3 aromatic rings. The number of thioether (sulfide) groups is 1. The third-order valence-corrected chi connectivity index (χ3v) is 7.59. The Labute approximate surface area is 242 Å². The minimum atomic E-state index is -1.04. The molecule has 41 heavy (non-hydrogen) atoms. The average molecular weight is 581 g/mol. The first-order valence-electron chi connectivity index (χ1n) is 13.1. The van der Waals surface area contributed by atoms with Crippen molar-refractivity contribution in [2.45, 2.75) is 63.0 Å². The standard InChI is InChI=1S/C30H32N2O8S/c1-18(38-19(2)34)27(35)32-15-20-5-11-23(12-6-20)30-39-24(17-41-28-25(29(36)37)4-3-13-31-28)14-26(40-30)22-9-7-21(16-33)8-10-22/h3-13,18,24,26,30,33H,14-17H2,1-2H3,(H,32,35)(H,36,37)/t18-,24-,26+,30+/m0/s1. The molecule has 1 aromatic heterocycles. The summed E-state index contributed by atoms with van der Waals surface area (Å²) >= 11 is 1.32. The van der Waals surface area contributed by atoms with Gasteiger partial charge in [0.1, 0.15) is 5.03 Å². The molecular weight excluding hydrogens is 548 g/mol. The summed E-state index contributed by atoms with van der Waals surface area (Å²) in [7, 11) is 0. The number of hydrogen-bond acceptors (Lipinski definition) is 9. The highest BCUT2D eigenvalue weighted by atomic mass is 32.2. The molecule has 216 valence electrons. The highest BCUT2D eigenvalue weighted by Gasteiger charge is 2.32. The quantitative estimate of drug-likeness (QED) is 0.223. The summed E-state index contributed by atoms with van der Waals surface area (Å²) in [5.41, 5.74) is 3.50. The Morgan fingerprint density at radius 2 is 1.73 bits per heavy atom. The lowest BCUT2D eigenvalue weighted by atomic mass is 10.0. The number of carboxylic acids is 1. The predicted octanol–water partition coefficient (Wildman–Crippen LogP) is 4.18. The van der Waals surface area contributed by atoms with Gasteiger partial charge in [0.15, 0.2) is 12.4 Å². The van der Waals surface area contributed by atoms with Gasteiger partial charge in [0, 0.05) is 37.4 Å². The van der Waals surface area contributed by atoms with Crippen molar-refractivity contribution in [3.63, 3.8) is 0 Å². The van der Waals surface area contributed by atoms with Crippen molar-refractivity contribution in [3.8, 4) is 0 Å². The smallest absolute Gasteiger partial charge is 0.338 e. The average Bonchev–Trinajstić information content (AvgIpc) is 2.98. The van der Waals surface area contributed by atoms with Gasteiger partial charge in [-0.05, 0) is 35.7 Å². The lowest BCUT2D eigenvalue weighted by Crippen LogP contribution is -2.35. The SMILES string of the molecule is CC(=O)O[C@@H](C)C(=O)NCc1ccc([C@@H]2O[C@H](CSc3ncccc3C(=O)O)C[C@H](c3ccc(CO)cc3)O2)cc1. The van der Waals surface area contributed by atoms with Gasteiger partial charge in [-0.3, -0.25) is 9.59 Å². The van der Waals surface area contributed by atoms with E-state index in [4.69, 9.17) is 14.2 Å². The number of carbonyl (C=O) groups excluding carboxylic acids is 2. The number of hydrogen-bond donors (Lipinski definition) is 3. The topological polar surface area (TPSA) is 144 Å². The van der Waals surface area contributed by atoms with Gasteiger partial charge in [-0.2, -0.15) is 0 Å². The number of rotatable bonds is 11. The minimum absolute atomic E-state index is 0.0533. The summed E-state index contributed by atoms with van der Waals surface area (Å²) in [6.07, 6.45) is -0.0292. The van der Waals surface area contributed by atoms with Gasteiger partial charge in [0.25, 0.3) is 5.91 Å². The molecule has 1 fully saturated rings. The van der Waals surface area contributed by atoms with E-state index in [1.807, 2.05) is 48.5 Å². The van der Waals surface area contributed by atoms with E-state index < -0.39 is 30.2 Å². The Hall–Kier alpha value is -3.77. The second-order valence-corrected chi connectivity index (χ2v) is 10.5. The molecule has 1 amide bonds. The zero-order chi connectivity index (χ0) is 29.4. The van der Waals surface area contributed by atoms with Crippen LogP contribution in [0.2, 0.25) is 0 Å². The largest absolute Gasteiger partial charge is 0.478 e. The maximum atomic E-state index is 12.2. The normalized spacial score (nSPS) is 19.2. The number of aliphatic hydroxyl groups excluding tert-OH is 1. The third-order valence-electron chi connectivity index (χ3n) is 6.45. The van der Waals surface area contributed by atoms with E-state index in [9.17, 15) is 24.6 Å². The van der Waals surface area contributed by atoms with Crippen molar-refractivity contribution < 1.29 is 38.8 Å². The van der Waals surface area contributed by atoms with Crippen LogP contribution in [0.4, 0.5) is 0 Å². The van der Waals surface area contributed by atoms with Gasteiger partial charge in [-0.15, -0.1) is 11.8 Å². The molecule has 11 heteroatoms. The van der Waals surface area contributed by atoms with Crippen LogP contribution in [-0.4, -0.2) is 51.0 Å². The number of nitrogens with zero attached hydrogens (tertiary/aromatic N) is 1. The first-order valence-corrected chi connectivity index (χ1v) is 14.1. The second-order valence-electron chi connectivity index (χ2n) is 9.53. The molecule has 1 aliphatic heterocycles. The number of nitrogens with one attached hydrogen (secondary N) is 1. The van der Waals surface area contributed by atoms with Crippen molar-refractivity contribution in [2.24, 2.45) is 0 Å². The number of carbonyl (C=O) groups is 3. The fourth-order valence-corrected chi connectivity index (χ4v) is 5.30. The Bertz CT molecular complexity index is 1350. The molecule has 1 aliphatic rings. The van der Waals surface area contributed by atoms with Crippen molar-refractivity contribution >= 4 is 29.6 Å². The van der Waals surface area contributed by atoms with Gasteiger partial charge in [-0.1, -0.05) is 48.5 Å². The lowest BCUT2D eigenvalue weighted by molar-refractivity contribution is -0.245. The van der Waals surface area contributed by atoms with Crippen LogP contribution in [0.25, 0.3) is 0 Å². The van der Waals surface area contributed by atoms with Gasteiger partial charge in [-0.25, -0.2) is 9.78 Å². The monoisotopic (exact) mass is 580 g/mol. The Kier molecular flexibility index (Phi) is 10.5. The van der Waals surface area contributed by atoms with Gasteiger partial charge in [0.05, 0.1) is 24.4 Å². The molecule has 0 aliphatic carbocycles. The first-order chi connectivity index (χ1) is 19.7. The molecule has 0 saturated carbocycles. The number of pyridine rings is 1. The fraction of sp³-hybridized carbons (Fsp3) is 0.333. The summed E-state index contributed by atoms with van der Waals surface area (Å²) in [4.78, 5) is 39.1. The van der Waals surface area contributed by atoms with Crippen molar-refractivity contribution in [1.82, 2.24) is 10.3 Å². The van der Waals surface area contributed by atoms with Gasteiger partial charge < -0.3 is 29.7 Å². The van der Waals surface area contributed by atoms with Crippen molar-refractivity contribution in [1.29, 1.82) is 0 Å². The molecule has 0 unspecified atom stereocenters. The number of ether oxygens (including phenoxy) is 3. The van der Waals surface area contributed by atoms with Crippen LogP contribution in [0.15, 0.2) is 71.9 Å². The van der Waals surface area contributed by atoms with E-state index in [2.05, 4.69) is 10.3 Å². The number of esters is 1. The summed E-state index contributed by atoms with van der Waals surface area (Å²) in [5.74, 6) is -1.48. The summed E-state index contributed by atoms with van der Waals surface area (Å²) in [6.45, 7) is 2.96. The van der Waals surface area contributed by atoms with Crippen LogP contribution < -0.4 is 5.32 Å². The van der Waals surface area contributed by atoms with Gasteiger partial charge in [0.2, 0.25) is 0 Å². The number of amides is 1. The van der Waals surface area contributed by atoms with E-state index in [-0.39, 0.29) is 30.9 Å². The van der Waals surface area contributed by atoms with Gasteiger partial charge >= 0.3 is 11.9 Å². The molecule has 3 N–H and O–H groups in total. The Balaban J connectivity index is 1.47. The molecule has 4 atom stereocenters. The van der Waals surface area contributed by atoms with E-state index in [1.54, 1.807) is 12.3 Å². The number of aliphatic hydroxyl groups is 1. The minimum Gasteiger partial charge on any atom is -0.478 e. The van der Waals surface area contributed by atoms with E-state index in [0.29, 0.717) is 17.2 Å². The molecule has 4 rings (SSSR count). The van der Waals surface area contributed by atoms with Crippen LogP contribution in [0.5, 0.6) is 0 Å². The van der Waals surface area contributed by atoms with Crippen LogP contribution in [-0.2, 0) is 37.0 Å². The molecule has 1 saturated heterocycles. The van der Waals surface area contributed by atoms with Crippen LogP contribution in [0, 0.1) is 0 Å². The second kappa shape index (κ2) is 14.2. The van der Waals surface area contributed by atoms with Crippen LogP contribution in [0.1, 0.15) is 65.3 Å². The maximum Gasteiger partial charge on any atom is 0.338 e. The number of aromatic carboxylic acids is 1. The Morgan fingerprint density at radius 1 is 1.05 bits per heavy atom. The predicted molar refractivity (Wildman–Crippen MR) is 150 cm³/mol. The zero-order valence-corrected chi connectivity index (χ0v) is 23.5. The highest BCUT2D eigenvalue weighted by Crippen LogP contribution is 2.39. The molecule has 2 heterocycles.